The third-order valence-electron chi connectivity index (χ3n) is 3.25. The van der Waals surface area contributed by atoms with Gasteiger partial charge in [-0.25, -0.2) is 4.98 Å². The van der Waals surface area contributed by atoms with Gasteiger partial charge in [-0.1, -0.05) is 10.3 Å². The van der Waals surface area contributed by atoms with Gasteiger partial charge in [-0.05, 0) is 33.8 Å². The van der Waals surface area contributed by atoms with Crippen molar-refractivity contribution in [2.75, 3.05) is 0 Å². The van der Waals surface area contributed by atoms with Crippen molar-refractivity contribution in [3.8, 4) is 0 Å². The average Bonchev–Trinajstić information content (AvgIpc) is 3.05. The number of carbonyl (C=O) groups is 1. The van der Waals surface area contributed by atoms with E-state index in [2.05, 4.69) is 25.6 Å². The highest BCUT2D eigenvalue weighted by molar-refractivity contribution is 6.06. The molecule has 0 spiro atoms. The van der Waals surface area contributed by atoms with E-state index in [4.69, 9.17) is 9.05 Å². The number of carbonyl (C=O) groups excluding carboxylic acids is 1. The Kier molecular flexibility index (Phi) is 3.36. The summed E-state index contributed by atoms with van der Waals surface area (Å²) in [4.78, 5) is 20.9. The van der Waals surface area contributed by atoms with Gasteiger partial charge in [0.05, 0.1) is 16.6 Å². The number of aryl methyl sites for hydroxylation is 3. The van der Waals surface area contributed by atoms with Crippen LogP contribution >= 0.6 is 0 Å². The third kappa shape index (κ3) is 2.43. The summed E-state index contributed by atoms with van der Waals surface area (Å²) in [6.45, 7) is 7.05. The van der Waals surface area contributed by atoms with Gasteiger partial charge in [-0.2, -0.15) is 4.98 Å². The normalized spacial score (nSPS) is 12.5. The van der Waals surface area contributed by atoms with E-state index >= 15 is 0 Å². The zero-order valence-electron chi connectivity index (χ0n) is 12.7. The van der Waals surface area contributed by atoms with Crippen molar-refractivity contribution in [3.63, 3.8) is 0 Å². The highest BCUT2D eigenvalue weighted by Crippen LogP contribution is 2.22. The molecule has 1 N–H and O–H groups in total. The highest BCUT2D eigenvalue weighted by atomic mass is 16.5. The van der Waals surface area contributed by atoms with Crippen molar-refractivity contribution >= 4 is 17.0 Å². The summed E-state index contributed by atoms with van der Waals surface area (Å²) in [6.07, 6.45) is 0. The Morgan fingerprint density at radius 1 is 1.18 bits per heavy atom. The fourth-order valence-electron chi connectivity index (χ4n) is 2.22. The molecular weight excluding hydrogens is 286 g/mol. The zero-order chi connectivity index (χ0) is 15.9. The second-order valence-corrected chi connectivity index (χ2v) is 5.13. The smallest absolute Gasteiger partial charge is 0.258 e. The lowest BCUT2D eigenvalue weighted by Crippen LogP contribution is -2.27. The van der Waals surface area contributed by atoms with Crippen LogP contribution in [0.25, 0.3) is 11.1 Å². The molecule has 114 valence electrons. The molecule has 1 unspecified atom stereocenters. The molecule has 0 aromatic carbocycles. The summed E-state index contributed by atoms with van der Waals surface area (Å²) in [5, 5.41) is 11.0. The molecule has 0 aliphatic carbocycles. The van der Waals surface area contributed by atoms with E-state index < -0.39 is 6.04 Å². The molecule has 0 saturated carbocycles. The standard InChI is InChI=1S/C14H15N5O3/c1-6-5-10(11-7(2)18-22-14(11)15-6)12(20)16-8(3)13-17-9(4)19-21-13/h5,8H,1-4H3,(H,16,20). The Balaban J connectivity index is 1.93. The van der Waals surface area contributed by atoms with Crippen LogP contribution in [-0.2, 0) is 0 Å². The lowest BCUT2D eigenvalue weighted by atomic mass is 10.1. The number of nitrogens with one attached hydrogen (secondary N) is 1. The summed E-state index contributed by atoms with van der Waals surface area (Å²) in [5.41, 5.74) is 2.11. The fourth-order valence-corrected chi connectivity index (χ4v) is 2.22. The van der Waals surface area contributed by atoms with Gasteiger partial charge in [-0.15, -0.1) is 0 Å². The number of amides is 1. The molecule has 8 nitrogen and oxygen atoms in total. The first kappa shape index (κ1) is 14.2. The number of aromatic nitrogens is 4. The van der Waals surface area contributed by atoms with Crippen molar-refractivity contribution in [1.82, 2.24) is 25.6 Å². The first-order valence-electron chi connectivity index (χ1n) is 6.80. The van der Waals surface area contributed by atoms with Crippen molar-refractivity contribution in [2.45, 2.75) is 33.7 Å². The van der Waals surface area contributed by atoms with Crippen molar-refractivity contribution in [2.24, 2.45) is 0 Å². The Morgan fingerprint density at radius 2 is 1.95 bits per heavy atom. The molecule has 3 rings (SSSR count). The molecule has 0 radical (unpaired) electrons. The maximum atomic E-state index is 12.6. The van der Waals surface area contributed by atoms with Crippen LogP contribution in [0.4, 0.5) is 0 Å². The van der Waals surface area contributed by atoms with Gasteiger partial charge >= 0.3 is 0 Å². The number of fused-ring (bicyclic) bond motifs is 1. The molecule has 3 aromatic heterocycles. The highest BCUT2D eigenvalue weighted by Gasteiger charge is 2.21. The summed E-state index contributed by atoms with van der Waals surface area (Å²) < 4.78 is 10.2. The quantitative estimate of drug-likeness (QED) is 0.788. The molecule has 3 aromatic rings. The number of rotatable bonds is 3. The molecule has 0 aliphatic heterocycles. The van der Waals surface area contributed by atoms with Gasteiger partial charge in [0.2, 0.25) is 5.89 Å². The first-order valence-corrected chi connectivity index (χ1v) is 6.80. The number of hydrogen-bond acceptors (Lipinski definition) is 7. The Labute approximate surface area is 125 Å². The minimum atomic E-state index is -0.405. The van der Waals surface area contributed by atoms with E-state index in [0.29, 0.717) is 39.8 Å². The van der Waals surface area contributed by atoms with Gasteiger partial charge in [0.15, 0.2) is 5.82 Å². The third-order valence-corrected chi connectivity index (χ3v) is 3.25. The van der Waals surface area contributed by atoms with E-state index in [9.17, 15) is 4.79 Å². The van der Waals surface area contributed by atoms with Gasteiger partial charge in [-0.3, -0.25) is 4.79 Å². The van der Waals surface area contributed by atoms with E-state index in [-0.39, 0.29) is 5.91 Å². The molecule has 0 fully saturated rings. The first-order chi connectivity index (χ1) is 10.5. The molecule has 1 amide bonds. The van der Waals surface area contributed by atoms with Crippen LogP contribution in [0.15, 0.2) is 15.1 Å². The minimum absolute atomic E-state index is 0.273. The van der Waals surface area contributed by atoms with E-state index in [0.717, 1.165) is 0 Å². The van der Waals surface area contributed by atoms with Crippen LogP contribution in [0.1, 0.15) is 46.4 Å². The van der Waals surface area contributed by atoms with Gasteiger partial charge < -0.3 is 14.4 Å². The number of hydrogen-bond donors (Lipinski definition) is 1. The molecule has 0 bridgehead atoms. The SMILES string of the molecule is Cc1cc(C(=O)NC(C)c2nc(C)no2)c2c(C)noc2n1. The summed E-state index contributed by atoms with van der Waals surface area (Å²) in [7, 11) is 0. The molecule has 1 atom stereocenters. The van der Waals surface area contributed by atoms with Crippen LogP contribution in [0.3, 0.4) is 0 Å². The molecule has 8 heteroatoms. The van der Waals surface area contributed by atoms with Crippen molar-refractivity contribution in [1.29, 1.82) is 0 Å². The Bertz CT molecular complexity index is 851. The van der Waals surface area contributed by atoms with Crippen LogP contribution < -0.4 is 5.32 Å². The van der Waals surface area contributed by atoms with Crippen LogP contribution in [0, 0.1) is 20.8 Å². The predicted molar refractivity (Wildman–Crippen MR) is 76.2 cm³/mol. The number of pyridine rings is 1. The van der Waals surface area contributed by atoms with Crippen LogP contribution in [0.5, 0.6) is 0 Å². The summed E-state index contributed by atoms with van der Waals surface area (Å²) >= 11 is 0. The summed E-state index contributed by atoms with van der Waals surface area (Å²) in [6, 6.07) is 1.30. The second kappa shape index (κ2) is 5.21. The maximum absolute atomic E-state index is 12.6. The topological polar surface area (TPSA) is 107 Å². The van der Waals surface area contributed by atoms with E-state index in [1.54, 1.807) is 33.8 Å². The molecule has 0 saturated heterocycles. The zero-order valence-corrected chi connectivity index (χ0v) is 12.7. The predicted octanol–water partition coefficient (Wildman–Crippen LogP) is 2.02. The van der Waals surface area contributed by atoms with Gasteiger partial charge in [0.1, 0.15) is 6.04 Å². The number of nitrogens with zero attached hydrogens (tertiary/aromatic N) is 4. The average molecular weight is 301 g/mol. The van der Waals surface area contributed by atoms with E-state index in [1.165, 1.54) is 0 Å². The molecular formula is C14H15N5O3. The van der Waals surface area contributed by atoms with E-state index in [1.807, 2.05) is 0 Å². The molecule has 3 heterocycles. The fraction of sp³-hybridized carbons (Fsp3) is 0.357. The minimum Gasteiger partial charge on any atom is -0.340 e. The summed E-state index contributed by atoms with van der Waals surface area (Å²) in [5.74, 6) is 0.605. The second-order valence-electron chi connectivity index (χ2n) is 5.13. The van der Waals surface area contributed by atoms with Crippen molar-refractivity contribution < 1.29 is 13.8 Å². The Morgan fingerprint density at radius 3 is 2.64 bits per heavy atom. The Hall–Kier alpha value is -2.77. The molecule has 0 aliphatic rings. The van der Waals surface area contributed by atoms with Crippen LogP contribution in [0.2, 0.25) is 0 Å². The lowest BCUT2D eigenvalue weighted by molar-refractivity contribution is 0.0934. The van der Waals surface area contributed by atoms with Gasteiger partial charge in [0.25, 0.3) is 11.6 Å². The van der Waals surface area contributed by atoms with Crippen LogP contribution in [-0.4, -0.2) is 26.2 Å². The maximum Gasteiger partial charge on any atom is 0.258 e. The van der Waals surface area contributed by atoms with Gasteiger partial charge in [0, 0.05) is 5.69 Å². The largest absolute Gasteiger partial charge is 0.340 e. The lowest BCUT2D eigenvalue weighted by Gasteiger charge is -2.10. The monoisotopic (exact) mass is 301 g/mol. The molecule has 22 heavy (non-hydrogen) atoms. The van der Waals surface area contributed by atoms with Crippen molar-refractivity contribution in [3.05, 3.63) is 34.7 Å².